The Kier molecular flexibility index (Phi) is 4.52. The van der Waals surface area contributed by atoms with Crippen LogP contribution in [0.2, 0.25) is 5.02 Å². The fourth-order valence-electron chi connectivity index (χ4n) is 2.78. The van der Waals surface area contributed by atoms with Crippen molar-refractivity contribution in [2.24, 2.45) is 4.99 Å². The molecule has 0 saturated heterocycles. The van der Waals surface area contributed by atoms with Gasteiger partial charge in [0.1, 0.15) is 5.75 Å². The second kappa shape index (κ2) is 6.99. The number of fused-ring (bicyclic) bond motifs is 2. The Morgan fingerprint density at radius 1 is 1.37 bits per heavy atom. The lowest BCUT2D eigenvalue weighted by Gasteiger charge is -2.05. The van der Waals surface area contributed by atoms with Crippen LogP contribution in [0.15, 0.2) is 35.3 Å². The van der Waals surface area contributed by atoms with E-state index in [-0.39, 0.29) is 18.9 Å². The van der Waals surface area contributed by atoms with E-state index in [0.717, 1.165) is 10.2 Å². The fourth-order valence-corrected chi connectivity index (χ4v) is 3.99. The second-order valence-electron chi connectivity index (χ2n) is 5.61. The topological polar surface area (TPSA) is 62.1 Å². The minimum atomic E-state index is -0.466. The summed E-state index contributed by atoms with van der Waals surface area (Å²) in [4.78, 5) is 17.5. The first kappa shape index (κ1) is 17.5. The molecule has 0 bridgehead atoms. The van der Waals surface area contributed by atoms with Gasteiger partial charge in [-0.2, -0.15) is 4.99 Å². The van der Waals surface area contributed by atoms with Crippen molar-refractivity contribution in [1.29, 1.82) is 0 Å². The minimum Gasteiger partial charge on any atom is -0.496 e. The number of aromatic nitrogens is 1. The van der Waals surface area contributed by atoms with Gasteiger partial charge in [0.2, 0.25) is 6.79 Å². The maximum Gasteiger partial charge on any atom is 0.283 e. The molecule has 0 radical (unpaired) electrons. The lowest BCUT2D eigenvalue weighted by molar-refractivity contribution is 0.0995. The molecule has 2 aromatic carbocycles. The van der Waals surface area contributed by atoms with Gasteiger partial charge in [-0.05, 0) is 18.2 Å². The van der Waals surface area contributed by atoms with Gasteiger partial charge >= 0.3 is 0 Å². The van der Waals surface area contributed by atoms with Crippen molar-refractivity contribution < 1.29 is 19.0 Å². The van der Waals surface area contributed by atoms with Crippen molar-refractivity contribution in [2.45, 2.75) is 6.54 Å². The highest BCUT2D eigenvalue weighted by Crippen LogP contribution is 2.37. The number of hydrogen-bond acceptors (Lipinski definition) is 5. The number of benzene rings is 2. The van der Waals surface area contributed by atoms with Crippen LogP contribution in [-0.2, 0) is 6.54 Å². The highest BCUT2D eigenvalue weighted by atomic mass is 35.5. The molecule has 0 aliphatic carbocycles. The lowest BCUT2D eigenvalue weighted by Crippen LogP contribution is -2.16. The van der Waals surface area contributed by atoms with Gasteiger partial charge in [-0.25, -0.2) is 0 Å². The molecule has 1 aliphatic rings. The van der Waals surface area contributed by atoms with E-state index in [0.29, 0.717) is 27.1 Å². The average Bonchev–Trinajstić information content (AvgIpc) is 3.24. The average molecular weight is 401 g/mol. The van der Waals surface area contributed by atoms with Crippen LogP contribution in [0, 0.1) is 12.3 Å². The van der Waals surface area contributed by atoms with Crippen LogP contribution < -0.4 is 19.0 Å². The van der Waals surface area contributed by atoms with Gasteiger partial charge in [0.15, 0.2) is 16.3 Å². The first-order valence-electron chi connectivity index (χ1n) is 7.89. The Balaban J connectivity index is 1.88. The number of thiazole rings is 1. The minimum absolute atomic E-state index is 0.187. The number of rotatable bonds is 3. The summed E-state index contributed by atoms with van der Waals surface area (Å²) in [5, 5.41) is 0.424. The quantitative estimate of drug-likeness (QED) is 0.631. The molecule has 1 amide bonds. The number of hydrogen-bond donors (Lipinski definition) is 0. The molecule has 0 fully saturated rings. The number of halogens is 1. The van der Waals surface area contributed by atoms with Crippen LogP contribution in [0.4, 0.5) is 0 Å². The van der Waals surface area contributed by atoms with E-state index in [1.165, 1.54) is 24.5 Å². The Morgan fingerprint density at radius 2 is 2.15 bits per heavy atom. The van der Waals surface area contributed by atoms with Crippen LogP contribution in [0.1, 0.15) is 10.4 Å². The van der Waals surface area contributed by atoms with Crippen molar-refractivity contribution in [3.05, 3.63) is 45.7 Å². The number of amides is 1. The number of methoxy groups -OCH3 is 1. The monoisotopic (exact) mass is 400 g/mol. The largest absolute Gasteiger partial charge is 0.496 e. The predicted octanol–water partition coefficient (Wildman–Crippen LogP) is 3.47. The van der Waals surface area contributed by atoms with Crippen LogP contribution in [0.5, 0.6) is 17.2 Å². The van der Waals surface area contributed by atoms with Crippen molar-refractivity contribution in [3.8, 4) is 29.6 Å². The van der Waals surface area contributed by atoms with E-state index in [4.69, 9.17) is 32.2 Å². The Labute approximate surface area is 163 Å². The number of terminal acetylenes is 1. The second-order valence-corrected chi connectivity index (χ2v) is 7.06. The van der Waals surface area contributed by atoms with Gasteiger partial charge in [0.05, 0.1) is 29.4 Å². The van der Waals surface area contributed by atoms with Crippen LogP contribution in [-0.4, -0.2) is 24.4 Å². The van der Waals surface area contributed by atoms with E-state index >= 15 is 0 Å². The summed E-state index contributed by atoms with van der Waals surface area (Å²) in [6, 6.07) is 8.51. The van der Waals surface area contributed by atoms with Crippen LogP contribution in [0.3, 0.4) is 0 Å². The zero-order chi connectivity index (χ0) is 19.0. The molecule has 6 nitrogen and oxygen atoms in total. The van der Waals surface area contributed by atoms with Crippen molar-refractivity contribution in [2.75, 3.05) is 13.9 Å². The standard InChI is InChI=1S/C19H13ClN2O4S/c1-3-6-22-13-8-15-16(26-10-25-15)9-17(13)27-19(22)21-18(23)12-7-11(20)4-5-14(12)24-2/h1,4-5,7-9H,6,10H2,2H3. The molecule has 27 heavy (non-hydrogen) atoms. The van der Waals surface area contributed by atoms with E-state index in [2.05, 4.69) is 10.9 Å². The summed E-state index contributed by atoms with van der Waals surface area (Å²) in [7, 11) is 1.49. The molecule has 4 rings (SSSR count). The number of nitrogens with zero attached hydrogens (tertiary/aromatic N) is 2. The molecule has 1 aromatic heterocycles. The first-order valence-corrected chi connectivity index (χ1v) is 9.09. The van der Waals surface area contributed by atoms with Crippen LogP contribution in [0.25, 0.3) is 10.2 Å². The van der Waals surface area contributed by atoms with Gasteiger partial charge in [-0.1, -0.05) is 28.9 Å². The van der Waals surface area contributed by atoms with E-state index in [1.54, 1.807) is 16.7 Å². The SMILES string of the molecule is C#CCn1c(=NC(=O)c2cc(Cl)ccc2OC)sc2cc3c(cc21)OCO3. The maximum absolute atomic E-state index is 12.8. The Hall–Kier alpha value is -2.95. The molecule has 1 aliphatic heterocycles. The molecule has 0 N–H and O–H groups in total. The number of carbonyl (C=O) groups excluding carboxylic acids is 1. The third-order valence-electron chi connectivity index (χ3n) is 4.02. The lowest BCUT2D eigenvalue weighted by atomic mass is 10.2. The highest BCUT2D eigenvalue weighted by Gasteiger charge is 2.18. The van der Waals surface area contributed by atoms with Gasteiger partial charge < -0.3 is 18.8 Å². The number of carbonyl (C=O) groups is 1. The fraction of sp³-hybridized carbons (Fsp3) is 0.158. The molecule has 8 heteroatoms. The molecule has 0 saturated carbocycles. The van der Waals surface area contributed by atoms with Gasteiger partial charge in [-0.3, -0.25) is 4.79 Å². The maximum atomic E-state index is 12.8. The summed E-state index contributed by atoms with van der Waals surface area (Å²) in [6.45, 7) is 0.449. The summed E-state index contributed by atoms with van der Waals surface area (Å²) < 4.78 is 18.8. The molecule has 3 aromatic rings. The molecule has 0 atom stereocenters. The van der Waals surface area contributed by atoms with E-state index in [9.17, 15) is 4.79 Å². The molecule has 0 unspecified atom stereocenters. The molecule has 2 heterocycles. The van der Waals surface area contributed by atoms with Gasteiger partial charge in [-0.15, -0.1) is 6.42 Å². The Bertz CT molecular complexity index is 1170. The molecular weight excluding hydrogens is 388 g/mol. The smallest absolute Gasteiger partial charge is 0.283 e. The first-order chi connectivity index (χ1) is 13.1. The zero-order valence-electron chi connectivity index (χ0n) is 14.2. The summed E-state index contributed by atoms with van der Waals surface area (Å²) in [6.07, 6.45) is 5.51. The third-order valence-corrected chi connectivity index (χ3v) is 5.29. The molecular formula is C19H13ClN2O4S. The molecule has 0 spiro atoms. The van der Waals surface area contributed by atoms with Crippen molar-refractivity contribution in [1.82, 2.24) is 4.57 Å². The number of ether oxygens (including phenoxy) is 3. The molecule has 136 valence electrons. The van der Waals surface area contributed by atoms with Crippen molar-refractivity contribution >= 4 is 39.1 Å². The normalized spacial score (nSPS) is 13.0. The van der Waals surface area contributed by atoms with E-state index < -0.39 is 5.91 Å². The van der Waals surface area contributed by atoms with Crippen molar-refractivity contribution in [3.63, 3.8) is 0 Å². The summed E-state index contributed by atoms with van der Waals surface area (Å²) in [5.41, 5.74) is 1.11. The zero-order valence-corrected chi connectivity index (χ0v) is 15.8. The van der Waals surface area contributed by atoms with Gasteiger partial charge in [0, 0.05) is 17.2 Å². The summed E-state index contributed by atoms with van der Waals surface area (Å²) >= 11 is 7.36. The third kappa shape index (κ3) is 3.14. The highest BCUT2D eigenvalue weighted by molar-refractivity contribution is 7.16. The predicted molar refractivity (Wildman–Crippen MR) is 103 cm³/mol. The van der Waals surface area contributed by atoms with Gasteiger partial charge in [0.25, 0.3) is 5.91 Å². The van der Waals surface area contributed by atoms with E-state index in [1.807, 2.05) is 12.1 Å². The van der Waals surface area contributed by atoms with Crippen LogP contribution >= 0.6 is 22.9 Å². The summed E-state index contributed by atoms with van der Waals surface area (Å²) in [5.74, 6) is 3.83. The Morgan fingerprint density at radius 3 is 2.89 bits per heavy atom.